The van der Waals surface area contributed by atoms with Gasteiger partial charge in [-0.1, -0.05) is 0 Å². The SMILES string of the molecule is COCC(=O)Nc1ccc(NC(=O)c2cc3cc(OC)ccc3[nH]2)cc1OC. The van der Waals surface area contributed by atoms with Crippen molar-refractivity contribution in [2.45, 2.75) is 0 Å². The van der Waals surface area contributed by atoms with Crippen molar-refractivity contribution < 1.29 is 23.8 Å². The number of carbonyl (C=O) groups excluding carboxylic acids is 2. The number of hydrogen-bond donors (Lipinski definition) is 3. The molecule has 0 bridgehead atoms. The van der Waals surface area contributed by atoms with Crippen LogP contribution in [0.4, 0.5) is 11.4 Å². The molecule has 0 saturated carbocycles. The van der Waals surface area contributed by atoms with Gasteiger partial charge in [-0.15, -0.1) is 0 Å². The fraction of sp³-hybridized carbons (Fsp3) is 0.200. The Hall–Kier alpha value is -3.52. The van der Waals surface area contributed by atoms with Gasteiger partial charge in [0.25, 0.3) is 5.91 Å². The van der Waals surface area contributed by atoms with E-state index in [-0.39, 0.29) is 18.4 Å². The van der Waals surface area contributed by atoms with Crippen LogP contribution in [0.3, 0.4) is 0 Å². The average Bonchev–Trinajstić information content (AvgIpc) is 3.12. The lowest BCUT2D eigenvalue weighted by molar-refractivity contribution is -0.119. The van der Waals surface area contributed by atoms with Gasteiger partial charge in [-0.3, -0.25) is 9.59 Å². The van der Waals surface area contributed by atoms with E-state index in [0.29, 0.717) is 28.6 Å². The number of rotatable bonds is 7. The van der Waals surface area contributed by atoms with Crippen molar-refractivity contribution in [3.05, 3.63) is 48.2 Å². The highest BCUT2D eigenvalue weighted by Gasteiger charge is 2.13. The van der Waals surface area contributed by atoms with E-state index in [1.807, 2.05) is 18.2 Å². The van der Waals surface area contributed by atoms with Gasteiger partial charge in [-0.25, -0.2) is 0 Å². The number of aromatic amines is 1. The van der Waals surface area contributed by atoms with Crippen LogP contribution in [0.15, 0.2) is 42.5 Å². The highest BCUT2D eigenvalue weighted by molar-refractivity contribution is 6.06. The van der Waals surface area contributed by atoms with E-state index in [2.05, 4.69) is 15.6 Å². The van der Waals surface area contributed by atoms with Crippen LogP contribution in [0, 0.1) is 0 Å². The topological polar surface area (TPSA) is 102 Å². The zero-order valence-corrected chi connectivity index (χ0v) is 15.8. The summed E-state index contributed by atoms with van der Waals surface area (Å²) < 4.78 is 15.3. The summed E-state index contributed by atoms with van der Waals surface area (Å²) in [5.41, 5.74) is 2.27. The zero-order valence-electron chi connectivity index (χ0n) is 15.8. The van der Waals surface area contributed by atoms with Crippen LogP contribution in [0.1, 0.15) is 10.5 Å². The molecule has 0 aliphatic carbocycles. The molecule has 146 valence electrons. The number of H-pyrrole nitrogens is 1. The number of hydrogen-bond acceptors (Lipinski definition) is 5. The van der Waals surface area contributed by atoms with Gasteiger partial charge in [-0.05, 0) is 36.4 Å². The molecular formula is C20H21N3O5. The number of anilines is 2. The zero-order chi connectivity index (χ0) is 20.1. The highest BCUT2D eigenvalue weighted by Crippen LogP contribution is 2.28. The number of aromatic nitrogens is 1. The molecule has 0 spiro atoms. The molecule has 0 aliphatic rings. The first-order valence-electron chi connectivity index (χ1n) is 8.49. The molecule has 2 amide bonds. The average molecular weight is 383 g/mol. The Morgan fingerprint density at radius 2 is 1.79 bits per heavy atom. The van der Waals surface area contributed by atoms with Gasteiger partial charge in [0.15, 0.2) is 0 Å². The molecule has 0 saturated heterocycles. The Balaban J connectivity index is 1.77. The molecule has 0 aliphatic heterocycles. The van der Waals surface area contributed by atoms with Crippen molar-refractivity contribution >= 4 is 34.1 Å². The molecule has 0 atom stereocenters. The predicted octanol–water partition coefficient (Wildman–Crippen LogP) is 3.02. The smallest absolute Gasteiger partial charge is 0.272 e. The minimum absolute atomic E-state index is 0.0627. The lowest BCUT2D eigenvalue weighted by atomic mass is 10.2. The fourth-order valence-electron chi connectivity index (χ4n) is 2.75. The van der Waals surface area contributed by atoms with Crippen LogP contribution < -0.4 is 20.1 Å². The van der Waals surface area contributed by atoms with E-state index in [1.165, 1.54) is 14.2 Å². The summed E-state index contributed by atoms with van der Waals surface area (Å²) in [6, 6.07) is 12.2. The van der Waals surface area contributed by atoms with Crippen LogP contribution in [-0.4, -0.2) is 44.7 Å². The van der Waals surface area contributed by atoms with Gasteiger partial charge >= 0.3 is 0 Å². The molecule has 3 rings (SSSR count). The minimum Gasteiger partial charge on any atom is -0.497 e. The number of carbonyl (C=O) groups is 2. The first kappa shape index (κ1) is 19.2. The minimum atomic E-state index is -0.300. The predicted molar refractivity (Wildman–Crippen MR) is 106 cm³/mol. The van der Waals surface area contributed by atoms with Gasteiger partial charge in [0, 0.05) is 29.8 Å². The first-order chi connectivity index (χ1) is 13.5. The van der Waals surface area contributed by atoms with E-state index in [9.17, 15) is 9.59 Å². The Bertz CT molecular complexity index is 1010. The summed E-state index contributed by atoms with van der Waals surface area (Å²) in [6.07, 6.45) is 0. The summed E-state index contributed by atoms with van der Waals surface area (Å²) in [5, 5.41) is 6.37. The van der Waals surface area contributed by atoms with Crippen LogP contribution in [-0.2, 0) is 9.53 Å². The number of amides is 2. The largest absolute Gasteiger partial charge is 0.497 e. The third-order valence-electron chi connectivity index (χ3n) is 4.08. The lowest BCUT2D eigenvalue weighted by Crippen LogP contribution is -2.18. The molecule has 3 aromatic rings. The number of methoxy groups -OCH3 is 3. The van der Waals surface area contributed by atoms with Gasteiger partial charge in [0.05, 0.1) is 19.9 Å². The summed E-state index contributed by atoms with van der Waals surface area (Å²) in [5.74, 6) is 0.539. The van der Waals surface area contributed by atoms with Crippen molar-refractivity contribution in [3.8, 4) is 11.5 Å². The van der Waals surface area contributed by atoms with Crippen molar-refractivity contribution in [1.82, 2.24) is 4.98 Å². The van der Waals surface area contributed by atoms with Crippen molar-refractivity contribution in [2.24, 2.45) is 0 Å². The first-order valence-corrected chi connectivity index (χ1v) is 8.49. The summed E-state index contributed by atoms with van der Waals surface area (Å²) in [6.45, 7) is -0.0627. The van der Waals surface area contributed by atoms with Crippen molar-refractivity contribution in [3.63, 3.8) is 0 Å². The second-order valence-electron chi connectivity index (χ2n) is 5.99. The molecule has 2 aromatic carbocycles. The van der Waals surface area contributed by atoms with Gasteiger partial charge in [0.1, 0.15) is 23.8 Å². The van der Waals surface area contributed by atoms with E-state index in [1.54, 1.807) is 31.4 Å². The molecule has 0 unspecified atom stereocenters. The number of nitrogens with one attached hydrogen (secondary N) is 3. The van der Waals surface area contributed by atoms with Crippen molar-refractivity contribution in [2.75, 3.05) is 38.6 Å². The number of ether oxygens (including phenoxy) is 3. The van der Waals surface area contributed by atoms with Gasteiger partial charge in [-0.2, -0.15) is 0 Å². The quantitative estimate of drug-likeness (QED) is 0.582. The standard InChI is InChI=1S/C20H21N3O5/c1-26-11-19(24)23-16-6-4-13(10-18(16)28-3)21-20(25)17-9-12-8-14(27-2)5-7-15(12)22-17/h4-10,22H,11H2,1-3H3,(H,21,25)(H,23,24). The fourth-order valence-corrected chi connectivity index (χ4v) is 2.75. The normalized spacial score (nSPS) is 10.5. The third kappa shape index (κ3) is 4.24. The van der Waals surface area contributed by atoms with E-state index in [4.69, 9.17) is 14.2 Å². The maximum Gasteiger partial charge on any atom is 0.272 e. The van der Waals surface area contributed by atoms with Gasteiger partial charge < -0.3 is 29.8 Å². The molecule has 1 heterocycles. The molecule has 28 heavy (non-hydrogen) atoms. The molecule has 0 radical (unpaired) electrons. The maximum atomic E-state index is 12.6. The summed E-state index contributed by atoms with van der Waals surface area (Å²) in [7, 11) is 4.52. The highest BCUT2D eigenvalue weighted by atomic mass is 16.5. The van der Waals surface area contributed by atoms with Crippen LogP contribution in [0.2, 0.25) is 0 Å². The van der Waals surface area contributed by atoms with Crippen molar-refractivity contribution in [1.29, 1.82) is 0 Å². The molecule has 1 aromatic heterocycles. The Morgan fingerprint density at radius 1 is 0.964 bits per heavy atom. The number of benzene rings is 2. The van der Waals surface area contributed by atoms with E-state index >= 15 is 0 Å². The molecule has 0 fully saturated rings. The van der Waals surface area contributed by atoms with E-state index in [0.717, 1.165) is 10.9 Å². The Labute approximate surface area is 161 Å². The lowest BCUT2D eigenvalue weighted by Gasteiger charge is -2.12. The van der Waals surface area contributed by atoms with Crippen LogP contribution in [0.25, 0.3) is 10.9 Å². The summed E-state index contributed by atoms with van der Waals surface area (Å²) >= 11 is 0. The second-order valence-corrected chi connectivity index (χ2v) is 5.99. The van der Waals surface area contributed by atoms with Crippen LogP contribution >= 0.6 is 0 Å². The Morgan fingerprint density at radius 3 is 2.50 bits per heavy atom. The molecular weight excluding hydrogens is 362 g/mol. The molecule has 8 heteroatoms. The summed E-state index contributed by atoms with van der Waals surface area (Å²) in [4.78, 5) is 27.3. The van der Waals surface area contributed by atoms with Gasteiger partial charge in [0.2, 0.25) is 5.91 Å². The second kappa shape index (κ2) is 8.45. The van der Waals surface area contributed by atoms with Crippen LogP contribution in [0.5, 0.6) is 11.5 Å². The number of fused-ring (bicyclic) bond motifs is 1. The monoisotopic (exact) mass is 383 g/mol. The molecule has 3 N–H and O–H groups in total. The Kier molecular flexibility index (Phi) is 5.81. The molecule has 8 nitrogen and oxygen atoms in total. The third-order valence-corrected chi connectivity index (χ3v) is 4.08. The maximum absolute atomic E-state index is 12.6. The van der Waals surface area contributed by atoms with E-state index < -0.39 is 0 Å².